The molecule has 1 aromatic carbocycles. The van der Waals surface area contributed by atoms with Crippen molar-refractivity contribution in [2.24, 2.45) is 5.92 Å². The quantitative estimate of drug-likeness (QED) is 0.662. The van der Waals surface area contributed by atoms with E-state index in [0.29, 0.717) is 12.1 Å². The molecular formula is C13H14F3NO4. The number of nitrogens with zero attached hydrogens (tertiary/aromatic N) is 1. The molecule has 1 aromatic rings. The van der Waals surface area contributed by atoms with Crippen LogP contribution in [-0.4, -0.2) is 16.0 Å². The standard InChI is InChI=1S/C13H14F3NO4/c1-7(2)5-9(12(18)19)8-3-4-11(17(20)21)10(6-8)13(14,15)16/h3-4,6-7,9H,5H2,1-2H3,(H,18,19). The Hall–Kier alpha value is -2.12. The highest BCUT2D eigenvalue weighted by Crippen LogP contribution is 2.38. The first-order chi connectivity index (χ1) is 9.54. The van der Waals surface area contributed by atoms with E-state index < -0.39 is 34.2 Å². The van der Waals surface area contributed by atoms with E-state index in [4.69, 9.17) is 5.11 Å². The van der Waals surface area contributed by atoms with E-state index in [2.05, 4.69) is 0 Å². The van der Waals surface area contributed by atoms with Crippen LogP contribution in [0.25, 0.3) is 0 Å². The lowest BCUT2D eigenvalue weighted by molar-refractivity contribution is -0.388. The molecule has 1 atom stereocenters. The zero-order valence-electron chi connectivity index (χ0n) is 11.3. The molecule has 0 amide bonds. The van der Waals surface area contributed by atoms with E-state index in [0.717, 1.165) is 6.07 Å². The Morgan fingerprint density at radius 1 is 1.38 bits per heavy atom. The maximum atomic E-state index is 12.9. The van der Waals surface area contributed by atoms with Gasteiger partial charge in [-0.2, -0.15) is 13.2 Å². The van der Waals surface area contributed by atoms with Gasteiger partial charge in [0, 0.05) is 6.07 Å². The Balaban J connectivity index is 3.38. The van der Waals surface area contributed by atoms with E-state index in [9.17, 15) is 28.1 Å². The SMILES string of the molecule is CC(C)CC(C(=O)O)c1ccc([N+](=O)[O-])c(C(F)(F)F)c1. The first kappa shape index (κ1) is 16.9. The molecule has 116 valence electrons. The minimum atomic E-state index is -4.92. The van der Waals surface area contributed by atoms with Crippen LogP contribution in [0, 0.1) is 16.0 Å². The fourth-order valence-corrected chi connectivity index (χ4v) is 2.01. The summed E-state index contributed by atoms with van der Waals surface area (Å²) in [6.07, 6.45) is -4.77. The van der Waals surface area contributed by atoms with Gasteiger partial charge in [0.05, 0.1) is 10.8 Å². The number of aliphatic carboxylic acids is 1. The molecule has 0 saturated carbocycles. The van der Waals surface area contributed by atoms with Gasteiger partial charge in [-0.1, -0.05) is 19.9 Å². The second kappa shape index (κ2) is 6.11. The van der Waals surface area contributed by atoms with Crippen LogP contribution in [0.5, 0.6) is 0 Å². The molecule has 21 heavy (non-hydrogen) atoms. The number of benzene rings is 1. The van der Waals surface area contributed by atoms with Crippen molar-refractivity contribution in [1.82, 2.24) is 0 Å². The van der Waals surface area contributed by atoms with Gasteiger partial charge in [0.25, 0.3) is 5.69 Å². The fraction of sp³-hybridized carbons (Fsp3) is 0.462. The number of carboxylic acids is 1. The van der Waals surface area contributed by atoms with E-state index in [1.807, 2.05) is 0 Å². The van der Waals surface area contributed by atoms with Crippen LogP contribution in [-0.2, 0) is 11.0 Å². The second-order valence-electron chi connectivity index (χ2n) is 5.05. The van der Waals surface area contributed by atoms with Gasteiger partial charge < -0.3 is 5.11 Å². The van der Waals surface area contributed by atoms with Crippen molar-refractivity contribution in [2.75, 3.05) is 0 Å². The summed E-state index contributed by atoms with van der Waals surface area (Å²) in [5.41, 5.74) is -2.60. The zero-order valence-corrected chi connectivity index (χ0v) is 11.3. The Morgan fingerprint density at radius 2 is 1.95 bits per heavy atom. The van der Waals surface area contributed by atoms with Crippen LogP contribution in [0.15, 0.2) is 18.2 Å². The Labute approximate surface area is 118 Å². The summed E-state index contributed by atoms with van der Waals surface area (Å²) in [7, 11) is 0. The Bertz CT molecular complexity index is 555. The van der Waals surface area contributed by atoms with Crippen LogP contribution >= 0.6 is 0 Å². The number of carboxylic acid groups (broad SMARTS) is 1. The van der Waals surface area contributed by atoms with E-state index in [1.54, 1.807) is 13.8 Å². The van der Waals surface area contributed by atoms with Crippen LogP contribution in [0.1, 0.15) is 37.3 Å². The molecule has 0 aliphatic heterocycles. The predicted molar refractivity (Wildman–Crippen MR) is 67.9 cm³/mol. The van der Waals surface area contributed by atoms with Crippen LogP contribution in [0.3, 0.4) is 0 Å². The lowest BCUT2D eigenvalue weighted by atomic mass is 9.89. The maximum absolute atomic E-state index is 12.9. The molecule has 0 aliphatic rings. The number of carbonyl (C=O) groups is 1. The first-order valence-electron chi connectivity index (χ1n) is 6.12. The van der Waals surface area contributed by atoms with Gasteiger partial charge in [-0.05, 0) is 24.0 Å². The molecule has 0 heterocycles. The molecule has 5 nitrogen and oxygen atoms in total. The van der Waals surface area contributed by atoms with E-state index in [-0.39, 0.29) is 17.9 Å². The number of hydrogen-bond donors (Lipinski definition) is 1. The molecule has 0 fully saturated rings. The van der Waals surface area contributed by atoms with Gasteiger partial charge in [-0.15, -0.1) is 0 Å². The number of nitro benzene ring substituents is 1. The maximum Gasteiger partial charge on any atom is 0.423 e. The molecule has 1 unspecified atom stereocenters. The molecule has 1 rings (SSSR count). The summed E-state index contributed by atoms with van der Waals surface area (Å²) in [6.45, 7) is 3.48. The highest BCUT2D eigenvalue weighted by molar-refractivity contribution is 5.76. The van der Waals surface area contributed by atoms with Crippen LogP contribution in [0.4, 0.5) is 18.9 Å². The molecular weight excluding hydrogens is 291 g/mol. The van der Waals surface area contributed by atoms with Crippen molar-refractivity contribution >= 4 is 11.7 Å². The lowest BCUT2D eigenvalue weighted by Gasteiger charge is -2.17. The van der Waals surface area contributed by atoms with Crippen LogP contribution < -0.4 is 0 Å². The number of halogens is 3. The molecule has 0 bridgehead atoms. The molecule has 8 heteroatoms. The van der Waals surface area contributed by atoms with Gasteiger partial charge in [-0.3, -0.25) is 14.9 Å². The van der Waals surface area contributed by atoms with E-state index in [1.165, 1.54) is 0 Å². The average Bonchev–Trinajstić information content (AvgIpc) is 2.33. The third kappa shape index (κ3) is 4.17. The molecule has 0 aromatic heterocycles. The number of nitro groups is 1. The summed E-state index contributed by atoms with van der Waals surface area (Å²) < 4.78 is 38.6. The van der Waals surface area contributed by atoms with Crippen molar-refractivity contribution in [3.05, 3.63) is 39.4 Å². The number of rotatable bonds is 5. The topological polar surface area (TPSA) is 80.4 Å². The van der Waals surface area contributed by atoms with Crippen molar-refractivity contribution in [3.8, 4) is 0 Å². The third-order valence-electron chi connectivity index (χ3n) is 2.93. The van der Waals surface area contributed by atoms with Crippen molar-refractivity contribution in [3.63, 3.8) is 0 Å². The summed E-state index contributed by atoms with van der Waals surface area (Å²) in [5, 5.41) is 19.8. The summed E-state index contributed by atoms with van der Waals surface area (Å²) >= 11 is 0. The van der Waals surface area contributed by atoms with E-state index >= 15 is 0 Å². The van der Waals surface area contributed by atoms with Crippen LogP contribution in [0.2, 0.25) is 0 Å². The van der Waals surface area contributed by atoms with Gasteiger partial charge in [0.15, 0.2) is 0 Å². The smallest absolute Gasteiger partial charge is 0.423 e. The highest BCUT2D eigenvalue weighted by Gasteiger charge is 2.39. The molecule has 0 spiro atoms. The minimum absolute atomic E-state index is 0.0457. The number of hydrogen-bond acceptors (Lipinski definition) is 3. The van der Waals surface area contributed by atoms with Crippen molar-refractivity contribution in [1.29, 1.82) is 0 Å². The number of alkyl halides is 3. The highest BCUT2D eigenvalue weighted by atomic mass is 19.4. The molecule has 1 N–H and O–H groups in total. The van der Waals surface area contributed by atoms with Crippen molar-refractivity contribution in [2.45, 2.75) is 32.4 Å². The second-order valence-corrected chi connectivity index (χ2v) is 5.05. The molecule has 0 radical (unpaired) electrons. The normalized spacial score (nSPS) is 13.2. The van der Waals surface area contributed by atoms with Gasteiger partial charge in [0.2, 0.25) is 0 Å². The van der Waals surface area contributed by atoms with Gasteiger partial charge in [0.1, 0.15) is 5.56 Å². The van der Waals surface area contributed by atoms with Gasteiger partial charge in [-0.25, -0.2) is 0 Å². The lowest BCUT2D eigenvalue weighted by Crippen LogP contribution is -2.16. The Morgan fingerprint density at radius 3 is 2.33 bits per heavy atom. The average molecular weight is 305 g/mol. The third-order valence-corrected chi connectivity index (χ3v) is 2.93. The monoisotopic (exact) mass is 305 g/mol. The van der Waals surface area contributed by atoms with Gasteiger partial charge >= 0.3 is 12.1 Å². The Kier molecular flexibility index (Phi) is 4.93. The fourth-order valence-electron chi connectivity index (χ4n) is 2.01. The predicted octanol–water partition coefficient (Wildman–Crippen LogP) is 3.83. The minimum Gasteiger partial charge on any atom is -0.481 e. The van der Waals surface area contributed by atoms with Crippen molar-refractivity contribution < 1.29 is 28.0 Å². The summed E-state index contributed by atoms with van der Waals surface area (Å²) in [5.74, 6) is -2.44. The summed E-state index contributed by atoms with van der Waals surface area (Å²) in [4.78, 5) is 20.7. The summed E-state index contributed by atoms with van der Waals surface area (Å²) in [6, 6.07) is 2.32. The molecule has 0 saturated heterocycles. The largest absolute Gasteiger partial charge is 0.481 e. The zero-order chi connectivity index (χ0) is 16.4. The first-order valence-corrected chi connectivity index (χ1v) is 6.12. The molecule has 0 aliphatic carbocycles.